The molecule has 0 aliphatic rings. The highest BCUT2D eigenvalue weighted by Gasteiger charge is 2.08. The van der Waals surface area contributed by atoms with Gasteiger partial charge in [0.15, 0.2) is 0 Å². The predicted molar refractivity (Wildman–Crippen MR) is 51.0 cm³/mol. The van der Waals surface area contributed by atoms with Crippen LogP contribution in [-0.2, 0) is 6.42 Å². The second kappa shape index (κ2) is 4.08. The van der Waals surface area contributed by atoms with Crippen LogP contribution in [0.4, 0.5) is 0 Å². The third kappa shape index (κ3) is 2.09. The molecule has 0 unspecified atom stereocenters. The number of rotatable bonds is 2. The van der Waals surface area contributed by atoms with Gasteiger partial charge >= 0.3 is 0 Å². The van der Waals surface area contributed by atoms with Gasteiger partial charge in [-0.15, -0.1) is 6.58 Å². The molecule has 0 atom stereocenters. The highest BCUT2D eigenvalue weighted by molar-refractivity contribution is 6.36. The van der Waals surface area contributed by atoms with E-state index in [4.69, 9.17) is 34.8 Å². The summed E-state index contributed by atoms with van der Waals surface area (Å²) < 4.78 is 0. The Hall–Kier alpha value is -0.310. The van der Waals surface area contributed by atoms with E-state index in [-0.39, 0.29) is 15.6 Å². The van der Waals surface area contributed by atoms with Crippen molar-refractivity contribution in [1.82, 2.24) is 9.97 Å². The number of nitrogens with zero attached hydrogens (tertiary/aromatic N) is 2. The first-order valence-electron chi connectivity index (χ1n) is 3.13. The van der Waals surface area contributed by atoms with E-state index in [1.807, 2.05) is 0 Å². The van der Waals surface area contributed by atoms with Crippen molar-refractivity contribution in [3.05, 3.63) is 33.8 Å². The summed E-state index contributed by atoms with van der Waals surface area (Å²) in [5, 5.41) is 0.609. The van der Waals surface area contributed by atoms with E-state index in [2.05, 4.69) is 16.5 Å². The van der Waals surface area contributed by atoms with E-state index in [9.17, 15) is 0 Å². The van der Waals surface area contributed by atoms with E-state index in [0.29, 0.717) is 12.0 Å². The lowest BCUT2D eigenvalue weighted by Gasteiger charge is -2.01. The van der Waals surface area contributed by atoms with Crippen molar-refractivity contribution in [1.29, 1.82) is 0 Å². The van der Waals surface area contributed by atoms with Crippen LogP contribution in [0, 0.1) is 0 Å². The molecular formula is C7H5Cl3N2. The minimum Gasteiger partial charge on any atom is -0.206 e. The summed E-state index contributed by atoms with van der Waals surface area (Å²) in [4.78, 5) is 7.48. The molecule has 1 heterocycles. The number of halogens is 3. The fraction of sp³-hybridized carbons (Fsp3) is 0.143. The van der Waals surface area contributed by atoms with Crippen molar-refractivity contribution in [3.8, 4) is 0 Å². The monoisotopic (exact) mass is 222 g/mol. The molecule has 12 heavy (non-hydrogen) atoms. The molecule has 0 bridgehead atoms. The van der Waals surface area contributed by atoms with Crippen LogP contribution in [0.5, 0.6) is 0 Å². The van der Waals surface area contributed by atoms with Crippen LogP contribution < -0.4 is 0 Å². The van der Waals surface area contributed by atoms with Gasteiger partial charge in [-0.1, -0.05) is 29.3 Å². The lowest BCUT2D eigenvalue weighted by Crippen LogP contribution is -1.93. The maximum Gasteiger partial charge on any atom is 0.225 e. The van der Waals surface area contributed by atoms with Gasteiger partial charge in [-0.3, -0.25) is 0 Å². The Morgan fingerprint density at radius 1 is 1.17 bits per heavy atom. The molecule has 1 rings (SSSR count). The Kier molecular flexibility index (Phi) is 3.32. The van der Waals surface area contributed by atoms with E-state index in [1.54, 1.807) is 6.08 Å². The van der Waals surface area contributed by atoms with E-state index < -0.39 is 0 Å². The molecule has 0 fully saturated rings. The van der Waals surface area contributed by atoms with Crippen LogP contribution in [0.3, 0.4) is 0 Å². The van der Waals surface area contributed by atoms with Crippen molar-refractivity contribution in [2.24, 2.45) is 0 Å². The minimum atomic E-state index is 0.0535. The van der Waals surface area contributed by atoms with E-state index in [0.717, 1.165) is 0 Å². The van der Waals surface area contributed by atoms with Gasteiger partial charge < -0.3 is 0 Å². The van der Waals surface area contributed by atoms with Gasteiger partial charge in [-0.2, -0.15) is 0 Å². The van der Waals surface area contributed by atoms with Crippen LogP contribution in [0.1, 0.15) is 5.56 Å². The summed E-state index contributed by atoms with van der Waals surface area (Å²) in [5.74, 6) is 0. The Balaban J connectivity index is 3.18. The molecule has 1 aromatic rings. The molecule has 0 aliphatic heterocycles. The van der Waals surface area contributed by atoms with Gasteiger partial charge in [0.1, 0.15) is 10.3 Å². The van der Waals surface area contributed by atoms with Gasteiger partial charge in [0, 0.05) is 5.56 Å². The fourth-order valence-corrected chi connectivity index (χ4v) is 1.52. The van der Waals surface area contributed by atoms with Crippen LogP contribution in [0.25, 0.3) is 0 Å². The lowest BCUT2D eigenvalue weighted by atomic mass is 10.2. The minimum absolute atomic E-state index is 0.0535. The van der Waals surface area contributed by atoms with Gasteiger partial charge in [0.2, 0.25) is 5.28 Å². The zero-order valence-corrected chi connectivity index (χ0v) is 8.29. The van der Waals surface area contributed by atoms with Crippen LogP contribution in [0.2, 0.25) is 15.6 Å². The first-order valence-corrected chi connectivity index (χ1v) is 4.27. The third-order valence-electron chi connectivity index (χ3n) is 1.23. The molecule has 0 spiro atoms. The highest BCUT2D eigenvalue weighted by atomic mass is 35.5. The van der Waals surface area contributed by atoms with Crippen molar-refractivity contribution in [2.45, 2.75) is 6.42 Å². The Morgan fingerprint density at radius 3 is 2.08 bits per heavy atom. The molecule has 1 aromatic heterocycles. The number of allylic oxidation sites excluding steroid dienone is 1. The van der Waals surface area contributed by atoms with E-state index >= 15 is 0 Å². The summed E-state index contributed by atoms with van der Waals surface area (Å²) in [6.45, 7) is 3.55. The van der Waals surface area contributed by atoms with Gasteiger partial charge in [0.25, 0.3) is 0 Å². The predicted octanol–water partition coefficient (Wildman–Crippen LogP) is 3.17. The molecule has 64 valence electrons. The maximum absolute atomic E-state index is 5.75. The van der Waals surface area contributed by atoms with Crippen LogP contribution >= 0.6 is 34.8 Å². The summed E-state index contributed by atoms with van der Waals surface area (Å²) in [6.07, 6.45) is 2.21. The first kappa shape index (κ1) is 9.78. The topological polar surface area (TPSA) is 25.8 Å². The van der Waals surface area contributed by atoms with Crippen molar-refractivity contribution in [2.75, 3.05) is 0 Å². The van der Waals surface area contributed by atoms with Gasteiger partial charge in [0.05, 0.1) is 0 Å². The second-order valence-corrected chi connectivity index (χ2v) is 3.10. The summed E-state index contributed by atoms with van der Waals surface area (Å²) in [7, 11) is 0. The standard InChI is InChI=1S/C7H5Cl3N2/c1-2-3-4-5(8)11-7(10)12-6(4)9/h2H,1,3H2. The molecule has 0 saturated heterocycles. The Morgan fingerprint density at radius 2 is 1.67 bits per heavy atom. The molecular weight excluding hydrogens is 218 g/mol. The smallest absolute Gasteiger partial charge is 0.206 e. The zero-order chi connectivity index (χ0) is 9.14. The maximum atomic E-state index is 5.75. The Bertz CT molecular complexity index is 289. The largest absolute Gasteiger partial charge is 0.225 e. The van der Waals surface area contributed by atoms with Crippen LogP contribution in [-0.4, -0.2) is 9.97 Å². The molecule has 2 nitrogen and oxygen atoms in total. The quantitative estimate of drug-likeness (QED) is 0.437. The van der Waals surface area contributed by atoms with Crippen molar-refractivity contribution < 1.29 is 0 Å². The van der Waals surface area contributed by atoms with Crippen molar-refractivity contribution in [3.63, 3.8) is 0 Å². The molecule has 0 aromatic carbocycles. The lowest BCUT2D eigenvalue weighted by molar-refractivity contribution is 1.09. The summed E-state index contributed by atoms with van der Waals surface area (Å²) >= 11 is 17.0. The van der Waals surface area contributed by atoms with Crippen LogP contribution in [0.15, 0.2) is 12.7 Å². The van der Waals surface area contributed by atoms with E-state index in [1.165, 1.54) is 0 Å². The average molecular weight is 223 g/mol. The van der Waals surface area contributed by atoms with Gasteiger partial charge in [-0.25, -0.2) is 9.97 Å². The molecule has 0 saturated carbocycles. The van der Waals surface area contributed by atoms with Gasteiger partial charge in [-0.05, 0) is 18.0 Å². The average Bonchev–Trinajstić information content (AvgIpc) is 1.96. The molecule has 0 amide bonds. The Labute approximate surface area is 85.2 Å². The second-order valence-electron chi connectivity index (χ2n) is 2.05. The normalized spacial score (nSPS) is 9.92. The number of aromatic nitrogens is 2. The summed E-state index contributed by atoms with van der Waals surface area (Å²) in [6, 6.07) is 0. The molecule has 0 radical (unpaired) electrons. The zero-order valence-electron chi connectivity index (χ0n) is 6.02. The molecule has 0 aliphatic carbocycles. The first-order chi connectivity index (χ1) is 5.65. The summed E-state index contributed by atoms with van der Waals surface area (Å²) in [5.41, 5.74) is 0.651. The molecule has 0 N–H and O–H groups in total. The van der Waals surface area contributed by atoms with Crippen molar-refractivity contribution >= 4 is 34.8 Å². The highest BCUT2D eigenvalue weighted by Crippen LogP contribution is 2.23. The fourth-order valence-electron chi connectivity index (χ4n) is 0.720. The SMILES string of the molecule is C=CCc1c(Cl)nc(Cl)nc1Cl. The number of hydrogen-bond acceptors (Lipinski definition) is 2. The number of hydrogen-bond donors (Lipinski definition) is 0. The molecule has 5 heteroatoms. The third-order valence-corrected chi connectivity index (χ3v) is 2.02.